The molecule has 0 aliphatic carbocycles. The van der Waals surface area contributed by atoms with Gasteiger partial charge < -0.3 is 15.2 Å². The fraction of sp³-hybridized carbons (Fsp3) is 0.296. The van der Waals surface area contributed by atoms with E-state index in [-0.39, 0.29) is 11.9 Å². The number of likely N-dealkylation sites (N-methyl/N-ethyl adjacent to an activating group) is 1. The van der Waals surface area contributed by atoms with Gasteiger partial charge in [-0.05, 0) is 60.9 Å². The quantitative estimate of drug-likeness (QED) is 0.496. The van der Waals surface area contributed by atoms with E-state index in [1.54, 1.807) is 61.6 Å². The second kappa shape index (κ2) is 11.0. The van der Waals surface area contributed by atoms with Crippen LogP contribution in [0.4, 0.5) is 4.39 Å². The van der Waals surface area contributed by atoms with Crippen molar-refractivity contribution in [2.24, 2.45) is 10.7 Å². The molecule has 4 rings (SSSR count). The number of amides is 1. The molecule has 1 aromatic heterocycles. The summed E-state index contributed by atoms with van der Waals surface area (Å²) in [5, 5.41) is 0. The maximum Gasteiger partial charge on any atom is 0.266 e. The third-order valence-corrected chi connectivity index (χ3v) is 5.55. The molecule has 0 fully saturated rings. The Balaban J connectivity index is 0.00000167. The van der Waals surface area contributed by atoms with Crippen molar-refractivity contribution in [2.75, 3.05) is 20.3 Å². The lowest BCUT2D eigenvalue weighted by atomic mass is 9.81. The maximum atomic E-state index is 14.4. The Labute approximate surface area is 205 Å². The van der Waals surface area contributed by atoms with Crippen LogP contribution in [-0.2, 0) is 10.3 Å². The van der Waals surface area contributed by atoms with Crippen LogP contribution in [0.15, 0.2) is 65.8 Å². The molecular formula is C27H31FN4O3. The van der Waals surface area contributed by atoms with E-state index < -0.39 is 11.5 Å². The Bertz CT molecular complexity index is 1230. The highest BCUT2D eigenvalue weighted by molar-refractivity contribution is 6.09. The van der Waals surface area contributed by atoms with Crippen molar-refractivity contribution in [2.45, 2.75) is 33.2 Å². The van der Waals surface area contributed by atoms with Crippen LogP contribution < -0.4 is 15.2 Å². The lowest BCUT2D eigenvalue weighted by Crippen LogP contribution is -2.41. The van der Waals surface area contributed by atoms with E-state index in [2.05, 4.69) is 9.98 Å². The molecule has 1 amide bonds. The van der Waals surface area contributed by atoms with E-state index in [1.807, 2.05) is 27.7 Å². The lowest BCUT2D eigenvalue weighted by Gasteiger charge is -2.27. The molecule has 0 saturated carbocycles. The van der Waals surface area contributed by atoms with Gasteiger partial charge in [0, 0.05) is 18.8 Å². The van der Waals surface area contributed by atoms with Crippen molar-refractivity contribution in [1.82, 2.24) is 9.88 Å². The Morgan fingerprint density at radius 1 is 0.971 bits per heavy atom. The second-order valence-corrected chi connectivity index (χ2v) is 7.49. The zero-order valence-electron chi connectivity index (χ0n) is 20.7. The first-order valence-corrected chi connectivity index (χ1v) is 11.7. The third-order valence-electron chi connectivity index (χ3n) is 5.55. The molecule has 0 saturated heterocycles. The number of guanidine groups is 1. The number of ether oxygens (including phenoxy) is 2. The fourth-order valence-electron chi connectivity index (χ4n) is 3.97. The van der Waals surface area contributed by atoms with Crippen LogP contribution in [0.5, 0.6) is 11.5 Å². The largest absolute Gasteiger partial charge is 0.490 e. The number of carbonyl (C=O) groups is 1. The van der Waals surface area contributed by atoms with Crippen LogP contribution in [0.2, 0.25) is 0 Å². The minimum Gasteiger partial charge on any atom is -0.490 e. The van der Waals surface area contributed by atoms with Crippen LogP contribution in [-0.4, -0.2) is 42.0 Å². The van der Waals surface area contributed by atoms with Gasteiger partial charge in [-0.1, -0.05) is 38.1 Å². The van der Waals surface area contributed by atoms with Crippen molar-refractivity contribution in [3.05, 3.63) is 77.9 Å². The highest BCUT2D eigenvalue weighted by atomic mass is 19.1. The van der Waals surface area contributed by atoms with Gasteiger partial charge in [0.2, 0.25) is 5.95 Å². The van der Waals surface area contributed by atoms with E-state index in [1.165, 1.54) is 11.1 Å². The van der Waals surface area contributed by atoms with E-state index in [4.69, 9.17) is 15.2 Å². The average molecular weight is 479 g/mol. The molecule has 2 aromatic carbocycles. The van der Waals surface area contributed by atoms with Crippen molar-refractivity contribution < 1.29 is 18.7 Å². The average Bonchev–Trinajstić information content (AvgIpc) is 3.11. The monoisotopic (exact) mass is 478 g/mol. The summed E-state index contributed by atoms with van der Waals surface area (Å²) < 4.78 is 25.9. The summed E-state index contributed by atoms with van der Waals surface area (Å²) in [5.41, 5.74) is 6.65. The first-order valence-electron chi connectivity index (χ1n) is 11.7. The Morgan fingerprint density at radius 2 is 1.66 bits per heavy atom. The number of hydrogen-bond donors (Lipinski definition) is 1. The summed E-state index contributed by atoms with van der Waals surface area (Å²) in [6.07, 6.45) is 1.39. The first kappa shape index (κ1) is 25.7. The number of benzene rings is 2. The van der Waals surface area contributed by atoms with Crippen molar-refractivity contribution >= 4 is 11.9 Å². The topological polar surface area (TPSA) is 90.0 Å². The molecule has 0 bridgehead atoms. The Kier molecular flexibility index (Phi) is 8.06. The number of nitrogens with two attached hydrogens (primary N) is 1. The zero-order chi connectivity index (χ0) is 25.6. The predicted molar refractivity (Wildman–Crippen MR) is 135 cm³/mol. The van der Waals surface area contributed by atoms with Gasteiger partial charge in [-0.25, -0.2) is 9.98 Å². The molecule has 0 spiro atoms. The number of hydrogen-bond acceptors (Lipinski definition) is 6. The maximum absolute atomic E-state index is 14.4. The van der Waals surface area contributed by atoms with Gasteiger partial charge in [0.15, 0.2) is 23.0 Å². The standard InChI is InChI=1S/C25H25FN4O3.C2H6/c1-4-32-20-12-11-18(15-21(20)33-5-2)25(23(31)30(3)24(27)29-25)17-9-6-8-16(14-17)19-10-7-13-28-22(19)26;1-2/h6-15H,4-5H2,1-3H3,(H2,27,29);1-2H3. The smallest absolute Gasteiger partial charge is 0.266 e. The third kappa shape index (κ3) is 4.69. The summed E-state index contributed by atoms with van der Waals surface area (Å²) in [6.45, 7) is 8.64. The Morgan fingerprint density at radius 3 is 2.29 bits per heavy atom. The molecule has 1 atom stereocenters. The van der Waals surface area contributed by atoms with Gasteiger partial charge in [-0.2, -0.15) is 4.39 Å². The number of rotatable bonds is 7. The molecule has 1 aliphatic heterocycles. The predicted octanol–water partition coefficient (Wildman–Crippen LogP) is 4.74. The van der Waals surface area contributed by atoms with E-state index in [0.717, 1.165) is 0 Å². The molecule has 2 N–H and O–H groups in total. The number of nitrogens with zero attached hydrogens (tertiary/aromatic N) is 3. The molecule has 2 heterocycles. The lowest BCUT2D eigenvalue weighted by molar-refractivity contribution is -0.129. The number of aliphatic imine (C=N–C) groups is 1. The van der Waals surface area contributed by atoms with E-state index >= 15 is 0 Å². The highest BCUT2D eigenvalue weighted by Crippen LogP contribution is 2.43. The van der Waals surface area contributed by atoms with Crippen molar-refractivity contribution in [3.63, 3.8) is 0 Å². The minimum atomic E-state index is -1.45. The SMILES string of the molecule is CC.CCOc1ccc(C2(c3cccc(-c4cccnc4F)c3)N=C(N)N(C)C2=O)cc1OCC. The van der Waals surface area contributed by atoms with Crippen LogP contribution in [0.1, 0.15) is 38.8 Å². The highest BCUT2D eigenvalue weighted by Gasteiger charge is 2.50. The molecular weight excluding hydrogens is 447 g/mol. The normalized spacial score (nSPS) is 16.9. The number of pyridine rings is 1. The summed E-state index contributed by atoms with van der Waals surface area (Å²) in [5.74, 6) is 0.239. The first-order chi connectivity index (χ1) is 16.9. The van der Waals surface area contributed by atoms with Gasteiger partial charge in [0.25, 0.3) is 5.91 Å². The molecule has 35 heavy (non-hydrogen) atoms. The minimum absolute atomic E-state index is 0.0878. The van der Waals surface area contributed by atoms with Gasteiger partial charge >= 0.3 is 0 Å². The van der Waals surface area contributed by atoms with Crippen molar-refractivity contribution in [3.8, 4) is 22.6 Å². The second-order valence-electron chi connectivity index (χ2n) is 7.49. The van der Waals surface area contributed by atoms with Crippen LogP contribution in [0, 0.1) is 5.95 Å². The number of aromatic nitrogens is 1. The fourth-order valence-corrected chi connectivity index (χ4v) is 3.97. The Hall–Kier alpha value is -3.94. The van der Waals surface area contributed by atoms with E-state index in [9.17, 15) is 9.18 Å². The van der Waals surface area contributed by atoms with Crippen LogP contribution >= 0.6 is 0 Å². The molecule has 8 heteroatoms. The summed E-state index contributed by atoms with van der Waals surface area (Å²) in [4.78, 5) is 23.3. The molecule has 184 valence electrons. The van der Waals surface area contributed by atoms with Gasteiger partial charge in [0.05, 0.1) is 13.2 Å². The van der Waals surface area contributed by atoms with Crippen molar-refractivity contribution in [1.29, 1.82) is 0 Å². The van der Waals surface area contributed by atoms with Gasteiger partial charge in [-0.3, -0.25) is 9.69 Å². The zero-order valence-corrected chi connectivity index (χ0v) is 20.7. The summed E-state index contributed by atoms with van der Waals surface area (Å²) >= 11 is 0. The van der Waals surface area contributed by atoms with Gasteiger partial charge in [0.1, 0.15) is 0 Å². The summed E-state index contributed by atoms with van der Waals surface area (Å²) in [6, 6.07) is 15.6. The van der Waals surface area contributed by atoms with Gasteiger partial charge in [-0.15, -0.1) is 0 Å². The number of carbonyl (C=O) groups excluding carboxylic acids is 1. The van der Waals surface area contributed by atoms with Crippen LogP contribution in [0.3, 0.4) is 0 Å². The molecule has 7 nitrogen and oxygen atoms in total. The number of halogens is 1. The molecule has 1 aliphatic rings. The summed E-state index contributed by atoms with van der Waals surface area (Å²) in [7, 11) is 1.57. The molecule has 1 unspecified atom stereocenters. The molecule has 0 radical (unpaired) electrons. The van der Waals surface area contributed by atoms with E-state index in [0.29, 0.717) is 47.0 Å². The molecule has 3 aromatic rings. The van der Waals surface area contributed by atoms with Crippen LogP contribution in [0.25, 0.3) is 11.1 Å².